The Bertz CT molecular complexity index is 883. The van der Waals surface area contributed by atoms with E-state index < -0.39 is 0 Å². The molecule has 2 rings (SSSR count). The summed E-state index contributed by atoms with van der Waals surface area (Å²) >= 11 is 0.0577. The minimum atomic E-state index is -0.344. The van der Waals surface area contributed by atoms with E-state index in [0.717, 1.165) is 38.5 Å². The number of carbonyl (C=O) groups is 2. The molecule has 0 atom stereocenters. The van der Waals surface area contributed by atoms with E-state index in [2.05, 4.69) is 21.0 Å². The molecule has 0 fully saturated rings. The van der Waals surface area contributed by atoms with E-state index in [0.29, 0.717) is 5.56 Å². The molecular formula is C21H28O5P2Se2. The summed E-state index contributed by atoms with van der Waals surface area (Å²) in [5.74, 6) is -0.385. The van der Waals surface area contributed by atoms with Gasteiger partial charge in [0.2, 0.25) is 0 Å². The second kappa shape index (κ2) is 13.3. The number of methoxy groups -OCH3 is 2. The summed E-state index contributed by atoms with van der Waals surface area (Å²) in [6.45, 7) is 5.79. The second-order valence-corrected chi connectivity index (χ2v) is 12.5. The second-order valence-electron chi connectivity index (χ2n) is 6.53. The van der Waals surface area contributed by atoms with Crippen LogP contribution in [0.15, 0.2) is 24.3 Å². The predicted molar refractivity (Wildman–Crippen MR) is 130 cm³/mol. The number of aryl methyl sites for hydroxylation is 3. The van der Waals surface area contributed by atoms with Gasteiger partial charge in [-0.2, -0.15) is 0 Å². The van der Waals surface area contributed by atoms with Crippen LogP contribution in [0, 0.1) is 20.8 Å². The zero-order valence-electron chi connectivity index (χ0n) is 17.7. The van der Waals surface area contributed by atoms with Crippen LogP contribution >= 0.6 is 15.0 Å². The van der Waals surface area contributed by atoms with Crippen molar-refractivity contribution in [1.29, 1.82) is 0 Å². The third-order valence-corrected chi connectivity index (χ3v) is 7.98. The Balaban J connectivity index is 0.000000300. The SMILES string of the molecule is COC(=O)c1c(C)cc(C)cc1C[SeH]=P.COC(=O)c1c(C)cc(O)cc1C[SeH]=P. The van der Waals surface area contributed by atoms with Crippen molar-refractivity contribution in [3.8, 4) is 5.75 Å². The predicted octanol–water partition coefficient (Wildman–Crippen LogP) is 3.57. The van der Waals surface area contributed by atoms with E-state index in [1.165, 1.54) is 19.8 Å². The first-order valence-electron chi connectivity index (χ1n) is 8.95. The fourth-order valence-corrected chi connectivity index (χ4v) is 6.63. The maximum atomic E-state index is 11.6. The van der Waals surface area contributed by atoms with Crippen LogP contribution < -0.4 is 0 Å². The van der Waals surface area contributed by atoms with Gasteiger partial charge >= 0.3 is 194 Å². The molecule has 30 heavy (non-hydrogen) atoms. The number of ether oxygens (including phenoxy) is 2. The number of carbonyl (C=O) groups excluding carboxylic acids is 2. The van der Waals surface area contributed by atoms with E-state index in [-0.39, 0.29) is 45.8 Å². The number of hydrogen-bond donors (Lipinski definition) is 1. The first-order valence-corrected chi connectivity index (χ1v) is 18.1. The molecule has 5 nitrogen and oxygen atoms in total. The zero-order valence-corrected chi connectivity index (χ0v) is 23.5. The summed E-state index contributed by atoms with van der Waals surface area (Å²) < 4.78 is 9.52. The topological polar surface area (TPSA) is 72.8 Å². The Morgan fingerprint density at radius 3 is 1.70 bits per heavy atom. The molecule has 0 bridgehead atoms. The molecule has 164 valence electrons. The molecule has 0 aliphatic carbocycles. The number of esters is 2. The average Bonchev–Trinajstić information content (AvgIpc) is 2.67. The Kier molecular flexibility index (Phi) is 11.9. The van der Waals surface area contributed by atoms with Crippen LogP contribution in [-0.4, -0.2) is 59.3 Å². The van der Waals surface area contributed by atoms with Crippen molar-refractivity contribution in [3.63, 3.8) is 0 Å². The van der Waals surface area contributed by atoms with Gasteiger partial charge < -0.3 is 0 Å². The fraction of sp³-hybridized carbons (Fsp3) is 0.333. The molecule has 0 amide bonds. The molecule has 0 unspecified atom stereocenters. The monoisotopic (exact) mass is 582 g/mol. The quantitative estimate of drug-likeness (QED) is 0.322. The van der Waals surface area contributed by atoms with Gasteiger partial charge in [-0.15, -0.1) is 0 Å². The molecule has 0 aliphatic rings. The zero-order chi connectivity index (χ0) is 22.8. The molecule has 2 aromatic rings. The van der Waals surface area contributed by atoms with Crippen molar-refractivity contribution in [2.24, 2.45) is 0 Å². The molecule has 9 heteroatoms. The molecule has 0 saturated carbocycles. The van der Waals surface area contributed by atoms with E-state index >= 15 is 0 Å². The maximum absolute atomic E-state index is 11.6. The van der Waals surface area contributed by atoms with Crippen molar-refractivity contribution in [2.45, 2.75) is 31.4 Å². The Morgan fingerprint density at radius 1 is 0.833 bits per heavy atom. The van der Waals surface area contributed by atoms with E-state index in [1.807, 2.05) is 19.9 Å². The first-order chi connectivity index (χ1) is 14.2. The van der Waals surface area contributed by atoms with Crippen molar-refractivity contribution in [1.82, 2.24) is 0 Å². The van der Waals surface area contributed by atoms with Gasteiger partial charge in [0.1, 0.15) is 0 Å². The van der Waals surface area contributed by atoms with E-state index in [4.69, 9.17) is 9.47 Å². The molecule has 1 N–H and O–H groups in total. The van der Waals surface area contributed by atoms with Gasteiger partial charge in [-0.25, -0.2) is 0 Å². The normalized spacial score (nSPS) is 10.0. The molecule has 0 spiro atoms. The molecule has 0 saturated heterocycles. The summed E-state index contributed by atoms with van der Waals surface area (Å²) in [4.78, 5) is 23.1. The standard InChI is InChI=1S/C11H15O2PSe.C10H13O3PSe/c1-7-4-8(2)10(11(12)13-3)9(5-7)6-15-14;1-6-3-8(11)4-7(5-15-14)9(6)10(12)13-2/h4-5,14-15H,6H2,1-3H3;3-4,11,14-15H,5H2,1-2H3. The molecule has 0 aliphatic heterocycles. The van der Waals surface area contributed by atoms with E-state index in [9.17, 15) is 14.7 Å². The number of phenols is 1. The number of rotatable bonds is 6. The summed E-state index contributed by atoms with van der Waals surface area (Å²) in [5.41, 5.74) is 6.18. The van der Waals surface area contributed by atoms with Crippen LogP contribution in [0.4, 0.5) is 0 Å². The molecule has 0 aromatic heterocycles. The summed E-state index contributed by atoms with van der Waals surface area (Å²) in [5, 5.41) is 11.1. The van der Waals surface area contributed by atoms with Crippen LogP contribution in [0.25, 0.3) is 0 Å². The van der Waals surface area contributed by atoms with Crippen molar-refractivity contribution < 1.29 is 24.2 Å². The van der Waals surface area contributed by atoms with Crippen molar-refractivity contribution >= 4 is 55.0 Å². The molecule has 0 radical (unpaired) electrons. The van der Waals surface area contributed by atoms with Crippen LogP contribution in [0.2, 0.25) is 0 Å². The third kappa shape index (κ3) is 7.50. The van der Waals surface area contributed by atoms with Crippen LogP contribution in [0.5, 0.6) is 5.75 Å². The summed E-state index contributed by atoms with van der Waals surface area (Å²) in [6, 6.07) is 7.27. The average molecular weight is 580 g/mol. The van der Waals surface area contributed by atoms with Crippen molar-refractivity contribution in [2.75, 3.05) is 14.2 Å². The fourth-order valence-electron chi connectivity index (χ4n) is 3.10. The van der Waals surface area contributed by atoms with Crippen LogP contribution in [-0.2, 0) is 20.1 Å². The van der Waals surface area contributed by atoms with Gasteiger partial charge in [0.15, 0.2) is 0 Å². The Hall–Kier alpha value is -1.18. The third-order valence-electron chi connectivity index (χ3n) is 4.24. The van der Waals surface area contributed by atoms with Gasteiger partial charge in [-0.05, 0) is 0 Å². The molecule has 0 heterocycles. The van der Waals surface area contributed by atoms with Crippen LogP contribution in [0.3, 0.4) is 0 Å². The Labute approximate surface area is 193 Å². The summed E-state index contributed by atoms with van der Waals surface area (Å²) in [7, 11) is 9.76. The van der Waals surface area contributed by atoms with E-state index in [1.54, 1.807) is 19.1 Å². The number of phenolic OH excluding ortho intramolecular Hbond substituents is 1. The number of aromatic hydroxyl groups is 1. The van der Waals surface area contributed by atoms with Crippen LogP contribution in [0.1, 0.15) is 48.5 Å². The minimum absolute atomic E-state index is 0.0267. The number of hydrogen-bond acceptors (Lipinski definition) is 5. The first kappa shape index (κ1) is 26.9. The molecule has 2 aromatic carbocycles. The Morgan fingerprint density at radius 2 is 1.27 bits per heavy atom. The van der Waals surface area contributed by atoms with Gasteiger partial charge in [0.25, 0.3) is 0 Å². The summed E-state index contributed by atoms with van der Waals surface area (Å²) in [6.07, 6.45) is 0. The van der Waals surface area contributed by atoms with Gasteiger partial charge in [0, 0.05) is 0 Å². The van der Waals surface area contributed by atoms with Crippen molar-refractivity contribution in [3.05, 3.63) is 63.2 Å². The number of benzene rings is 2. The van der Waals surface area contributed by atoms with Gasteiger partial charge in [-0.3, -0.25) is 0 Å². The van der Waals surface area contributed by atoms with Gasteiger partial charge in [0.05, 0.1) is 0 Å². The van der Waals surface area contributed by atoms with Gasteiger partial charge in [-0.1, -0.05) is 0 Å². The molecular weight excluding hydrogens is 552 g/mol.